The van der Waals surface area contributed by atoms with E-state index in [0.29, 0.717) is 6.42 Å². The Morgan fingerprint density at radius 2 is 1.46 bits per heavy atom. The van der Waals surface area contributed by atoms with E-state index in [0.717, 1.165) is 22.5 Å². The number of hydrogen-bond donors (Lipinski definition) is 1. The number of hydrogen-bond acceptors (Lipinski definition) is 3. The van der Waals surface area contributed by atoms with Crippen LogP contribution in [-0.2, 0) is 12.0 Å². The van der Waals surface area contributed by atoms with Crippen molar-refractivity contribution in [2.45, 2.75) is 12.0 Å². The second-order valence-corrected chi connectivity index (χ2v) is 6.17. The number of aromatic nitrogens is 1. The van der Waals surface area contributed by atoms with Gasteiger partial charge in [-0.1, -0.05) is 48.5 Å². The molecule has 3 nitrogen and oxygen atoms in total. The third-order valence-corrected chi connectivity index (χ3v) is 4.28. The molecule has 0 saturated carbocycles. The van der Waals surface area contributed by atoms with E-state index in [1.54, 1.807) is 6.20 Å². The topological polar surface area (TPSA) is 36.4 Å². The predicted octanol–water partition coefficient (Wildman–Crippen LogP) is 3.63. The summed E-state index contributed by atoms with van der Waals surface area (Å²) in [6, 6.07) is 23.6. The van der Waals surface area contributed by atoms with Gasteiger partial charge in [0.05, 0.1) is 0 Å². The first-order valence-corrected chi connectivity index (χ1v) is 8.05. The molecule has 2 aromatic carbocycles. The number of benzene rings is 2. The summed E-state index contributed by atoms with van der Waals surface area (Å²) in [4.78, 5) is 6.44. The van der Waals surface area contributed by atoms with Gasteiger partial charge in [-0.25, -0.2) is 0 Å². The van der Waals surface area contributed by atoms with Crippen molar-refractivity contribution < 1.29 is 5.11 Å². The molecular weight excluding hydrogens is 296 g/mol. The van der Waals surface area contributed by atoms with Crippen LogP contribution in [0.25, 0.3) is 0 Å². The van der Waals surface area contributed by atoms with E-state index < -0.39 is 5.60 Å². The number of rotatable bonds is 5. The smallest absolute Gasteiger partial charge is 0.120 e. The Morgan fingerprint density at radius 1 is 0.833 bits per heavy atom. The van der Waals surface area contributed by atoms with Crippen LogP contribution in [0.5, 0.6) is 0 Å². The SMILES string of the molecule is CN(C)c1ccc(C(O)(Cc2ccccn2)c2ccccc2)cc1. The van der Waals surface area contributed by atoms with Crippen LogP contribution in [0.3, 0.4) is 0 Å². The molecule has 0 aliphatic carbocycles. The van der Waals surface area contributed by atoms with Crippen LogP contribution in [-0.4, -0.2) is 24.2 Å². The maximum Gasteiger partial charge on any atom is 0.120 e. The fourth-order valence-electron chi connectivity index (χ4n) is 2.88. The van der Waals surface area contributed by atoms with Gasteiger partial charge in [0.2, 0.25) is 0 Å². The molecule has 1 unspecified atom stereocenters. The molecule has 3 aromatic rings. The molecule has 122 valence electrons. The summed E-state index contributed by atoms with van der Waals surface area (Å²) in [5, 5.41) is 11.6. The lowest BCUT2D eigenvalue weighted by molar-refractivity contribution is 0.0801. The van der Waals surface area contributed by atoms with E-state index in [4.69, 9.17) is 0 Å². The molecule has 1 heterocycles. The van der Waals surface area contributed by atoms with Gasteiger partial charge in [0, 0.05) is 38.1 Å². The van der Waals surface area contributed by atoms with Crippen LogP contribution in [0.4, 0.5) is 5.69 Å². The summed E-state index contributed by atoms with van der Waals surface area (Å²) in [6.07, 6.45) is 2.19. The maximum atomic E-state index is 11.6. The van der Waals surface area contributed by atoms with Crippen molar-refractivity contribution in [3.05, 3.63) is 95.8 Å². The minimum absolute atomic E-state index is 0.430. The first kappa shape index (κ1) is 16.2. The van der Waals surface area contributed by atoms with Crippen LogP contribution in [0, 0.1) is 0 Å². The Morgan fingerprint density at radius 3 is 2.04 bits per heavy atom. The number of pyridine rings is 1. The van der Waals surface area contributed by atoms with E-state index in [1.807, 2.05) is 91.8 Å². The van der Waals surface area contributed by atoms with Gasteiger partial charge in [-0.15, -0.1) is 0 Å². The molecule has 0 spiro atoms. The second kappa shape index (κ2) is 6.85. The Balaban J connectivity index is 2.05. The maximum absolute atomic E-state index is 11.6. The molecule has 0 aliphatic heterocycles. The zero-order chi connectivity index (χ0) is 17.0. The van der Waals surface area contributed by atoms with Crippen molar-refractivity contribution in [2.75, 3.05) is 19.0 Å². The van der Waals surface area contributed by atoms with E-state index in [-0.39, 0.29) is 0 Å². The fraction of sp³-hybridized carbons (Fsp3) is 0.190. The van der Waals surface area contributed by atoms with Crippen molar-refractivity contribution >= 4 is 5.69 Å². The van der Waals surface area contributed by atoms with Gasteiger partial charge in [0.25, 0.3) is 0 Å². The van der Waals surface area contributed by atoms with Gasteiger partial charge in [-0.2, -0.15) is 0 Å². The molecule has 0 saturated heterocycles. The zero-order valence-electron chi connectivity index (χ0n) is 14.1. The molecule has 1 N–H and O–H groups in total. The summed E-state index contributed by atoms with van der Waals surface area (Å²) in [5.41, 5.74) is 2.59. The number of aliphatic hydroxyl groups is 1. The normalized spacial score (nSPS) is 13.3. The molecule has 1 atom stereocenters. The first-order valence-electron chi connectivity index (χ1n) is 8.05. The van der Waals surface area contributed by atoms with Crippen LogP contribution >= 0.6 is 0 Å². The standard InChI is InChI=1S/C21H22N2O/c1-23(2)20-13-11-18(12-14-20)21(24,17-8-4-3-5-9-17)16-19-10-6-7-15-22-19/h3-15,24H,16H2,1-2H3. The summed E-state index contributed by atoms with van der Waals surface area (Å²) in [5.74, 6) is 0. The van der Waals surface area contributed by atoms with Gasteiger partial charge >= 0.3 is 0 Å². The number of anilines is 1. The van der Waals surface area contributed by atoms with Gasteiger partial charge in [0.15, 0.2) is 0 Å². The molecule has 0 bridgehead atoms. The predicted molar refractivity (Wildman–Crippen MR) is 98.2 cm³/mol. The highest BCUT2D eigenvalue weighted by atomic mass is 16.3. The van der Waals surface area contributed by atoms with Crippen LogP contribution in [0.1, 0.15) is 16.8 Å². The highest BCUT2D eigenvalue weighted by Crippen LogP contribution is 2.33. The summed E-state index contributed by atoms with van der Waals surface area (Å²) < 4.78 is 0. The number of nitrogens with zero attached hydrogens (tertiary/aromatic N) is 2. The van der Waals surface area contributed by atoms with E-state index in [2.05, 4.69) is 4.98 Å². The van der Waals surface area contributed by atoms with Crippen molar-refractivity contribution in [2.24, 2.45) is 0 Å². The van der Waals surface area contributed by atoms with Crippen molar-refractivity contribution in [3.8, 4) is 0 Å². The van der Waals surface area contributed by atoms with Crippen LogP contribution < -0.4 is 4.90 Å². The minimum Gasteiger partial charge on any atom is -0.380 e. The molecular formula is C21H22N2O. The summed E-state index contributed by atoms with van der Waals surface area (Å²) >= 11 is 0. The van der Waals surface area contributed by atoms with E-state index in [9.17, 15) is 5.11 Å². The van der Waals surface area contributed by atoms with E-state index in [1.165, 1.54) is 0 Å². The van der Waals surface area contributed by atoms with Crippen molar-refractivity contribution in [1.29, 1.82) is 0 Å². The third-order valence-electron chi connectivity index (χ3n) is 4.28. The molecule has 1 aromatic heterocycles. The highest BCUT2D eigenvalue weighted by Gasteiger charge is 2.32. The molecule has 0 aliphatic rings. The van der Waals surface area contributed by atoms with Crippen molar-refractivity contribution in [3.63, 3.8) is 0 Å². The molecule has 0 fully saturated rings. The van der Waals surface area contributed by atoms with Gasteiger partial charge in [-0.05, 0) is 35.4 Å². The summed E-state index contributed by atoms with van der Waals surface area (Å²) in [6.45, 7) is 0. The molecule has 3 heteroatoms. The lowest BCUT2D eigenvalue weighted by Gasteiger charge is -2.30. The largest absolute Gasteiger partial charge is 0.380 e. The molecule has 3 rings (SSSR count). The first-order chi connectivity index (χ1) is 11.6. The Labute approximate surface area is 143 Å². The molecule has 0 radical (unpaired) electrons. The monoisotopic (exact) mass is 318 g/mol. The lowest BCUT2D eigenvalue weighted by atomic mass is 9.82. The highest BCUT2D eigenvalue weighted by molar-refractivity contribution is 5.49. The fourth-order valence-corrected chi connectivity index (χ4v) is 2.88. The molecule has 0 amide bonds. The van der Waals surface area contributed by atoms with Gasteiger partial charge < -0.3 is 10.0 Å². The minimum atomic E-state index is -1.11. The van der Waals surface area contributed by atoms with Crippen LogP contribution in [0.15, 0.2) is 79.0 Å². The van der Waals surface area contributed by atoms with Gasteiger partial charge in [0.1, 0.15) is 5.60 Å². The Kier molecular flexibility index (Phi) is 4.63. The zero-order valence-corrected chi connectivity index (χ0v) is 14.1. The summed E-state index contributed by atoms with van der Waals surface area (Å²) in [7, 11) is 4.01. The quantitative estimate of drug-likeness (QED) is 0.780. The third kappa shape index (κ3) is 3.31. The average molecular weight is 318 g/mol. The van der Waals surface area contributed by atoms with Crippen LogP contribution in [0.2, 0.25) is 0 Å². The Bertz CT molecular complexity index is 770. The van der Waals surface area contributed by atoms with Crippen molar-refractivity contribution in [1.82, 2.24) is 4.98 Å². The average Bonchev–Trinajstić information content (AvgIpc) is 2.63. The van der Waals surface area contributed by atoms with E-state index >= 15 is 0 Å². The second-order valence-electron chi connectivity index (χ2n) is 6.17. The lowest BCUT2D eigenvalue weighted by Crippen LogP contribution is -2.30. The van der Waals surface area contributed by atoms with Gasteiger partial charge in [-0.3, -0.25) is 4.98 Å². The molecule has 24 heavy (non-hydrogen) atoms. The Hall–Kier alpha value is -2.65.